The zero-order chi connectivity index (χ0) is 20.7. The average molecular weight is 428 g/mol. The molecule has 0 unspecified atom stereocenters. The van der Waals surface area contributed by atoms with Crippen molar-refractivity contribution < 1.29 is 13.6 Å². The number of piperidine rings is 1. The molecule has 10 heteroatoms. The molecule has 0 saturated carbocycles. The van der Waals surface area contributed by atoms with Crippen LogP contribution >= 0.6 is 11.3 Å². The number of hydrogen-bond donors (Lipinski definition) is 0. The standard InChI is InChI=1S/C20H18F2N6OS/c21-12-3-1-9-27(11-12)15-5-4-13(17(22)26-15)18-25-14-6-10-28(19(29)16(14)30-18)20-23-7-2-8-24-20/h2,4-5,7-8,12H,1,3,6,9-11H2/t12-/m0/s1. The maximum Gasteiger partial charge on any atom is 0.272 e. The number of aromatic nitrogens is 4. The normalized spacial score (nSPS) is 19.1. The second-order valence-corrected chi connectivity index (χ2v) is 8.24. The van der Waals surface area contributed by atoms with E-state index in [2.05, 4.69) is 19.9 Å². The molecule has 0 bridgehead atoms. The SMILES string of the molecule is O=C1c2sc(-c3ccc(N4CCC[C@H](F)C4)nc3F)nc2CCN1c1ncccn1. The summed E-state index contributed by atoms with van der Waals surface area (Å²) in [5, 5.41) is 0.405. The zero-order valence-corrected chi connectivity index (χ0v) is 16.8. The van der Waals surface area contributed by atoms with Gasteiger partial charge in [0, 0.05) is 31.9 Å². The number of hydrogen-bond acceptors (Lipinski definition) is 7. The molecule has 1 atom stereocenters. The quantitative estimate of drug-likeness (QED) is 0.596. The number of fused-ring (bicyclic) bond motifs is 1. The third-order valence-electron chi connectivity index (χ3n) is 5.25. The van der Waals surface area contributed by atoms with Crippen molar-refractivity contribution in [3.05, 3.63) is 47.1 Å². The Morgan fingerprint density at radius 3 is 2.73 bits per heavy atom. The predicted octanol–water partition coefficient (Wildman–Crippen LogP) is 3.28. The zero-order valence-electron chi connectivity index (χ0n) is 16.0. The molecule has 0 aromatic carbocycles. The van der Waals surface area contributed by atoms with E-state index < -0.39 is 12.1 Å². The first-order chi connectivity index (χ1) is 14.6. The average Bonchev–Trinajstić information content (AvgIpc) is 3.19. The van der Waals surface area contributed by atoms with Crippen LogP contribution in [0.4, 0.5) is 20.5 Å². The van der Waals surface area contributed by atoms with Crippen molar-refractivity contribution >= 4 is 29.0 Å². The molecule has 3 aromatic rings. The number of carbonyl (C=O) groups excluding carboxylic acids is 1. The van der Waals surface area contributed by atoms with Gasteiger partial charge in [0.25, 0.3) is 5.91 Å². The Kier molecular flexibility index (Phi) is 4.86. The Bertz CT molecular complexity index is 1090. The van der Waals surface area contributed by atoms with E-state index in [0.717, 1.165) is 17.8 Å². The van der Waals surface area contributed by atoms with E-state index in [4.69, 9.17) is 0 Å². The van der Waals surface area contributed by atoms with Crippen molar-refractivity contribution in [3.63, 3.8) is 0 Å². The van der Waals surface area contributed by atoms with Gasteiger partial charge in [0.05, 0.1) is 17.8 Å². The summed E-state index contributed by atoms with van der Waals surface area (Å²) < 4.78 is 28.5. The molecule has 1 saturated heterocycles. The molecule has 5 rings (SSSR count). The van der Waals surface area contributed by atoms with Gasteiger partial charge in [-0.1, -0.05) is 0 Å². The van der Waals surface area contributed by atoms with Gasteiger partial charge < -0.3 is 4.90 Å². The van der Waals surface area contributed by atoms with Gasteiger partial charge in [0.2, 0.25) is 11.9 Å². The van der Waals surface area contributed by atoms with E-state index in [1.54, 1.807) is 35.5 Å². The van der Waals surface area contributed by atoms with E-state index in [1.165, 1.54) is 4.90 Å². The maximum atomic E-state index is 14.8. The van der Waals surface area contributed by atoms with Gasteiger partial charge in [-0.05, 0) is 31.0 Å². The minimum absolute atomic E-state index is 0.225. The highest BCUT2D eigenvalue weighted by atomic mass is 32.1. The summed E-state index contributed by atoms with van der Waals surface area (Å²) in [7, 11) is 0. The first kappa shape index (κ1) is 19.0. The molecule has 2 aliphatic heterocycles. The predicted molar refractivity (Wildman–Crippen MR) is 109 cm³/mol. The molecule has 1 amide bonds. The smallest absolute Gasteiger partial charge is 0.272 e. The number of alkyl halides is 1. The van der Waals surface area contributed by atoms with Gasteiger partial charge >= 0.3 is 0 Å². The van der Waals surface area contributed by atoms with Crippen LogP contribution in [0.25, 0.3) is 10.6 Å². The molecule has 0 spiro atoms. The molecular formula is C20H18F2N6OS. The highest BCUT2D eigenvalue weighted by molar-refractivity contribution is 7.17. The lowest BCUT2D eigenvalue weighted by Crippen LogP contribution is -2.38. The number of carbonyl (C=O) groups is 1. The lowest BCUT2D eigenvalue weighted by Gasteiger charge is -2.29. The Hall–Kier alpha value is -3.01. The van der Waals surface area contributed by atoms with Crippen LogP contribution in [0, 0.1) is 5.95 Å². The van der Waals surface area contributed by atoms with E-state index in [9.17, 15) is 13.6 Å². The molecule has 2 aliphatic rings. The molecule has 5 heterocycles. The summed E-state index contributed by atoms with van der Waals surface area (Å²) >= 11 is 1.14. The second-order valence-electron chi connectivity index (χ2n) is 7.24. The highest BCUT2D eigenvalue weighted by Crippen LogP contribution is 2.34. The van der Waals surface area contributed by atoms with Crippen LogP contribution in [0.2, 0.25) is 0 Å². The molecule has 0 N–H and O–H groups in total. The molecule has 7 nitrogen and oxygen atoms in total. The van der Waals surface area contributed by atoms with Gasteiger partial charge in [-0.2, -0.15) is 4.39 Å². The van der Waals surface area contributed by atoms with Crippen LogP contribution in [0.1, 0.15) is 28.2 Å². The number of amides is 1. The van der Waals surface area contributed by atoms with Crippen LogP contribution in [-0.2, 0) is 6.42 Å². The monoisotopic (exact) mass is 428 g/mol. The topological polar surface area (TPSA) is 75.1 Å². The molecule has 0 aliphatic carbocycles. The van der Waals surface area contributed by atoms with Gasteiger partial charge in [-0.3, -0.25) is 9.69 Å². The Morgan fingerprint density at radius 1 is 1.13 bits per heavy atom. The van der Waals surface area contributed by atoms with Gasteiger partial charge in [0.15, 0.2) is 0 Å². The van der Waals surface area contributed by atoms with E-state index >= 15 is 0 Å². The summed E-state index contributed by atoms with van der Waals surface area (Å²) in [5.41, 5.74) is 0.884. The van der Waals surface area contributed by atoms with E-state index in [-0.39, 0.29) is 18.0 Å². The molecule has 30 heavy (non-hydrogen) atoms. The Labute approximate surface area is 175 Å². The highest BCUT2D eigenvalue weighted by Gasteiger charge is 2.31. The second kappa shape index (κ2) is 7.67. The summed E-state index contributed by atoms with van der Waals surface area (Å²) in [6.07, 6.45) is 4.03. The largest absolute Gasteiger partial charge is 0.354 e. The third-order valence-corrected chi connectivity index (χ3v) is 6.37. The summed E-state index contributed by atoms with van der Waals surface area (Å²) in [6.45, 7) is 1.30. The Morgan fingerprint density at radius 2 is 1.97 bits per heavy atom. The summed E-state index contributed by atoms with van der Waals surface area (Å²) in [5.74, 6) is -0.148. The van der Waals surface area contributed by atoms with Crippen LogP contribution in [0.5, 0.6) is 0 Å². The number of thiazole rings is 1. The van der Waals surface area contributed by atoms with Crippen LogP contribution in [0.3, 0.4) is 0 Å². The fourth-order valence-corrected chi connectivity index (χ4v) is 4.83. The lowest BCUT2D eigenvalue weighted by molar-refractivity contribution is 0.0982. The first-order valence-electron chi connectivity index (χ1n) is 9.74. The Balaban J connectivity index is 1.42. The van der Waals surface area contributed by atoms with Crippen molar-refractivity contribution in [1.29, 1.82) is 0 Å². The molecule has 154 valence electrons. The van der Waals surface area contributed by atoms with Gasteiger partial charge in [-0.25, -0.2) is 24.3 Å². The van der Waals surface area contributed by atoms with E-state index in [1.807, 2.05) is 0 Å². The van der Waals surface area contributed by atoms with Crippen molar-refractivity contribution in [2.75, 3.05) is 29.4 Å². The van der Waals surface area contributed by atoms with Crippen LogP contribution in [-0.4, -0.2) is 51.6 Å². The molecule has 0 radical (unpaired) electrons. The molecule has 1 fully saturated rings. The summed E-state index contributed by atoms with van der Waals surface area (Å²) in [6, 6.07) is 4.97. The minimum Gasteiger partial charge on any atom is -0.354 e. The minimum atomic E-state index is -0.920. The van der Waals surface area contributed by atoms with Crippen molar-refractivity contribution in [3.8, 4) is 10.6 Å². The molecule has 3 aromatic heterocycles. The van der Waals surface area contributed by atoms with Crippen molar-refractivity contribution in [1.82, 2.24) is 19.9 Å². The van der Waals surface area contributed by atoms with Crippen LogP contribution < -0.4 is 9.80 Å². The molecular weight excluding hydrogens is 410 g/mol. The number of pyridine rings is 1. The number of rotatable bonds is 3. The van der Waals surface area contributed by atoms with E-state index in [0.29, 0.717) is 53.3 Å². The van der Waals surface area contributed by atoms with Crippen LogP contribution in [0.15, 0.2) is 30.6 Å². The van der Waals surface area contributed by atoms with Gasteiger partial charge in [0.1, 0.15) is 21.9 Å². The maximum absolute atomic E-state index is 14.8. The fourth-order valence-electron chi connectivity index (χ4n) is 3.76. The van der Waals surface area contributed by atoms with Crippen molar-refractivity contribution in [2.45, 2.75) is 25.4 Å². The van der Waals surface area contributed by atoms with Crippen molar-refractivity contribution in [2.24, 2.45) is 0 Å². The lowest BCUT2D eigenvalue weighted by atomic mass is 10.1. The third kappa shape index (κ3) is 3.41. The first-order valence-corrected chi connectivity index (χ1v) is 10.6. The number of nitrogens with zero attached hydrogens (tertiary/aromatic N) is 6. The summed E-state index contributed by atoms with van der Waals surface area (Å²) in [4.78, 5) is 33.4. The fraction of sp³-hybridized carbons (Fsp3) is 0.350. The number of halogens is 2. The van der Waals surface area contributed by atoms with Gasteiger partial charge in [-0.15, -0.1) is 11.3 Å². The number of anilines is 2.